The van der Waals surface area contributed by atoms with Crippen LogP contribution in [-0.4, -0.2) is 0 Å². The van der Waals surface area contributed by atoms with Crippen LogP contribution < -0.4 is 4.57 Å². The first kappa shape index (κ1) is 18.5. The standard InChI is InChI=1S/C24H21F3N/c1-14-7-15(2)16(3)22(8-14)23-12-19-9-17-5-6-21(24(25,26)27)11-18(17)10-20(19)13-28(23)4/h5-13H,1-4H3/q+1. The van der Waals surface area contributed by atoms with Crippen molar-refractivity contribution in [1.29, 1.82) is 0 Å². The van der Waals surface area contributed by atoms with Crippen LogP contribution in [0.1, 0.15) is 22.3 Å². The Hall–Kier alpha value is -2.88. The number of hydrogen-bond acceptors (Lipinski definition) is 0. The predicted octanol–water partition coefficient (Wildman–Crippen LogP) is 6.43. The first-order chi connectivity index (χ1) is 13.1. The summed E-state index contributed by atoms with van der Waals surface area (Å²) in [4.78, 5) is 0. The SMILES string of the molecule is Cc1cc(C)c(C)c(-c2cc3cc4ccc(C(F)(F)F)cc4cc3c[n+]2C)c1. The fraction of sp³-hybridized carbons (Fsp3) is 0.208. The molecule has 0 saturated carbocycles. The maximum Gasteiger partial charge on any atom is 0.416 e. The highest BCUT2D eigenvalue weighted by molar-refractivity contribution is 5.98. The predicted molar refractivity (Wildman–Crippen MR) is 107 cm³/mol. The third-order valence-electron chi connectivity index (χ3n) is 5.46. The zero-order valence-electron chi connectivity index (χ0n) is 16.3. The van der Waals surface area contributed by atoms with Crippen molar-refractivity contribution in [1.82, 2.24) is 0 Å². The molecule has 0 unspecified atom stereocenters. The Kier molecular flexibility index (Phi) is 4.18. The third kappa shape index (κ3) is 3.13. The van der Waals surface area contributed by atoms with Gasteiger partial charge >= 0.3 is 6.18 Å². The molecule has 0 aliphatic heterocycles. The summed E-state index contributed by atoms with van der Waals surface area (Å²) in [6.45, 7) is 6.31. The van der Waals surface area contributed by atoms with Crippen molar-refractivity contribution in [3.8, 4) is 11.3 Å². The molecular formula is C24H21F3N+. The van der Waals surface area contributed by atoms with E-state index in [0.29, 0.717) is 5.39 Å². The highest BCUT2D eigenvalue weighted by Crippen LogP contribution is 2.33. The van der Waals surface area contributed by atoms with Crippen LogP contribution in [-0.2, 0) is 13.2 Å². The topological polar surface area (TPSA) is 3.88 Å². The average molecular weight is 380 g/mol. The second kappa shape index (κ2) is 6.33. The number of nitrogens with zero attached hydrogens (tertiary/aromatic N) is 1. The van der Waals surface area contributed by atoms with E-state index in [9.17, 15) is 13.2 Å². The van der Waals surface area contributed by atoms with Crippen LogP contribution in [0.3, 0.4) is 0 Å². The first-order valence-electron chi connectivity index (χ1n) is 9.16. The van der Waals surface area contributed by atoms with Crippen molar-refractivity contribution in [2.45, 2.75) is 26.9 Å². The smallest absolute Gasteiger partial charge is 0.200 e. The van der Waals surface area contributed by atoms with Crippen LogP contribution in [0.2, 0.25) is 0 Å². The van der Waals surface area contributed by atoms with Crippen molar-refractivity contribution in [2.24, 2.45) is 7.05 Å². The van der Waals surface area contributed by atoms with E-state index < -0.39 is 11.7 Å². The van der Waals surface area contributed by atoms with E-state index >= 15 is 0 Å². The van der Waals surface area contributed by atoms with Crippen molar-refractivity contribution < 1.29 is 17.7 Å². The number of aromatic nitrogens is 1. The molecule has 0 atom stereocenters. The van der Waals surface area contributed by atoms with Gasteiger partial charge in [-0.15, -0.1) is 0 Å². The Morgan fingerprint density at radius 1 is 0.750 bits per heavy atom. The number of aryl methyl sites for hydroxylation is 3. The zero-order valence-corrected chi connectivity index (χ0v) is 16.3. The summed E-state index contributed by atoms with van der Waals surface area (Å²) < 4.78 is 41.1. The number of fused-ring (bicyclic) bond motifs is 2. The summed E-state index contributed by atoms with van der Waals surface area (Å²) in [5.41, 5.74) is 5.32. The van der Waals surface area contributed by atoms with Gasteiger partial charge in [0.05, 0.1) is 5.56 Å². The van der Waals surface area contributed by atoms with Crippen LogP contribution >= 0.6 is 0 Å². The van der Waals surface area contributed by atoms with Gasteiger partial charge in [0.1, 0.15) is 7.05 Å². The number of benzene rings is 3. The molecule has 0 N–H and O–H groups in total. The third-order valence-corrected chi connectivity index (χ3v) is 5.46. The van der Waals surface area contributed by atoms with Crippen LogP contribution in [0.5, 0.6) is 0 Å². The normalized spacial score (nSPS) is 12.1. The molecule has 28 heavy (non-hydrogen) atoms. The molecule has 0 fully saturated rings. The number of hydrogen-bond donors (Lipinski definition) is 0. The van der Waals surface area contributed by atoms with Crippen LogP contribution in [0.15, 0.2) is 54.7 Å². The molecule has 4 rings (SSSR count). The summed E-state index contributed by atoms with van der Waals surface area (Å²) in [6, 6.07) is 14.2. The summed E-state index contributed by atoms with van der Waals surface area (Å²) in [7, 11) is 1.97. The average Bonchev–Trinajstić information content (AvgIpc) is 2.61. The molecule has 0 amide bonds. The maximum atomic E-state index is 13.0. The lowest BCUT2D eigenvalue weighted by Crippen LogP contribution is -2.30. The van der Waals surface area contributed by atoms with Gasteiger partial charge in [0, 0.05) is 17.0 Å². The van der Waals surface area contributed by atoms with Crippen molar-refractivity contribution in [3.05, 3.63) is 77.0 Å². The van der Waals surface area contributed by atoms with Gasteiger partial charge in [-0.1, -0.05) is 17.7 Å². The molecular weight excluding hydrogens is 359 g/mol. The van der Waals surface area contributed by atoms with E-state index in [1.165, 1.54) is 28.3 Å². The highest BCUT2D eigenvalue weighted by Gasteiger charge is 2.30. The Morgan fingerprint density at radius 2 is 1.43 bits per heavy atom. The minimum Gasteiger partial charge on any atom is -0.200 e. The summed E-state index contributed by atoms with van der Waals surface area (Å²) in [5, 5.41) is 3.33. The van der Waals surface area contributed by atoms with Crippen LogP contribution in [0.25, 0.3) is 32.8 Å². The molecule has 0 saturated heterocycles. The highest BCUT2D eigenvalue weighted by atomic mass is 19.4. The van der Waals surface area contributed by atoms with Gasteiger partial charge in [0.15, 0.2) is 6.20 Å². The summed E-state index contributed by atoms with van der Waals surface area (Å²) >= 11 is 0. The van der Waals surface area contributed by atoms with E-state index in [0.717, 1.165) is 27.9 Å². The van der Waals surface area contributed by atoms with Gasteiger partial charge in [0.2, 0.25) is 5.69 Å². The molecule has 0 aliphatic rings. The second-order valence-electron chi connectivity index (χ2n) is 7.56. The lowest BCUT2D eigenvalue weighted by molar-refractivity contribution is -0.659. The van der Waals surface area contributed by atoms with Gasteiger partial charge in [0.25, 0.3) is 0 Å². The Balaban J connectivity index is 1.95. The Labute approximate surface area is 162 Å². The molecule has 1 aromatic heterocycles. The van der Waals surface area contributed by atoms with Crippen molar-refractivity contribution >= 4 is 21.5 Å². The molecule has 0 aliphatic carbocycles. The molecule has 1 heterocycles. The fourth-order valence-corrected chi connectivity index (χ4v) is 3.85. The molecule has 4 heteroatoms. The monoisotopic (exact) mass is 380 g/mol. The molecule has 0 bridgehead atoms. The lowest BCUT2D eigenvalue weighted by atomic mass is 9.95. The molecule has 142 valence electrons. The molecule has 0 spiro atoms. The van der Waals surface area contributed by atoms with Gasteiger partial charge in [-0.05, 0) is 78.4 Å². The minimum atomic E-state index is -4.34. The van der Waals surface area contributed by atoms with E-state index in [4.69, 9.17) is 0 Å². The van der Waals surface area contributed by atoms with Crippen LogP contribution in [0, 0.1) is 20.8 Å². The zero-order chi connectivity index (χ0) is 20.2. The maximum absolute atomic E-state index is 13.0. The van der Waals surface area contributed by atoms with Crippen LogP contribution in [0.4, 0.5) is 13.2 Å². The minimum absolute atomic E-state index is 0.595. The molecule has 3 aromatic carbocycles. The van der Waals surface area contributed by atoms with Gasteiger partial charge in [-0.2, -0.15) is 13.2 Å². The lowest BCUT2D eigenvalue weighted by Gasteiger charge is -2.11. The summed E-state index contributed by atoms with van der Waals surface area (Å²) in [5.74, 6) is 0. The fourth-order valence-electron chi connectivity index (χ4n) is 3.85. The Morgan fingerprint density at radius 3 is 2.14 bits per heavy atom. The Bertz CT molecular complexity index is 1240. The molecule has 4 aromatic rings. The largest absolute Gasteiger partial charge is 0.416 e. The van der Waals surface area contributed by atoms with E-state index in [-0.39, 0.29) is 0 Å². The van der Waals surface area contributed by atoms with Crippen molar-refractivity contribution in [2.75, 3.05) is 0 Å². The second-order valence-corrected chi connectivity index (χ2v) is 7.56. The number of rotatable bonds is 1. The number of alkyl halides is 3. The number of halogens is 3. The first-order valence-corrected chi connectivity index (χ1v) is 9.16. The quantitative estimate of drug-likeness (QED) is 0.265. The van der Waals surface area contributed by atoms with Gasteiger partial charge < -0.3 is 0 Å². The van der Waals surface area contributed by atoms with E-state index in [2.05, 4.69) is 39.0 Å². The summed E-state index contributed by atoms with van der Waals surface area (Å²) in [6.07, 6.45) is -2.35. The van der Waals surface area contributed by atoms with Gasteiger partial charge in [-0.25, -0.2) is 4.57 Å². The van der Waals surface area contributed by atoms with Crippen molar-refractivity contribution in [3.63, 3.8) is 0 Å². The molecule has 0 radical (unpaired) electrons. The molecule has 1 nitrogen and oxygen atoms in total. The van der Waals surface area contributed by atoms with Gasteiger partial charge in [-0.3, -0.25) is 0 Å². The number of pyridine rings is 1. The van der Waals surface area contributed by atoms with E-state index in [1.54, 1.807) is 6.07 Å². The van der Waals surface area contributed by atoms with E-state index in [1.807, 2.05) is 29.9 Å².